The molecule has 0 aromatic heterocycles. The van der Waals surface area contributed by atoms with Crippen molar-refractivity contribution in [1.29, 1.82) is 0 Å². The molecule has 5 nitrogen and oxygen atoms in total. The normalized spacial score (nSPS) is 19.8. The first kappa shape index (κ1) is 12.6. The number of urea groups is 1. The van der Waals surface area contributed by atoms with Crippen LogP contribution in [-0.4, -0.2) is 36.6 Å². The van der Waals surface area contributed by atoms with Crippen LogP contribution in [-0.2, 0) is 11.2 Å². The van der Waals surface area contributed by atoms with Gasteiger partial charge in [0, 0.05) is 13.6 Å². The summed E-state index contributed by atoms with van der Waals surface area (Å²) in [5.41, 5.74) is 1.23. The second kappa shape index (κ2) is 5.64. The topological polar surface area (TPSA) is 61.4 Å². The van der Waals surface area contributed by atoms with Crippen molar-refractivity contribution in [2.24, 2.45) is 0 Å². The van der Waals surface area contributed by atoms with E-state index in [-0.39, 0.29) is 18.1 Å². The number of carbonyl (C=O) groups excluding carboxylic acids is 2. The Morgan fingerprint density at radius 3 is 2.72 bits per heavy atom. The number of hydrogen-bond donors (Lipinski definition) is 2. The lowest BCUT2D eigenvalue weighted by atomic mass is 10.1. The van der Waals surface area contributed by atoms with Crippen molar-refractivity contribution >= 4 is 11.9 Å². The molecule has 5 heteroatoms. The third-order valence-corrected chi connectivity index (χ3v) is 3.00. The van der Waals surface area contributed by atoms with E-state index < -0.39 is 0 Å². The Kier molecular flexibility index (Phi) is 3.94. The van der Waals surface area contributed by atoms with E-state index in [1.54, 1.807) is 0 Å². The van der Waals surface area contributed by atoms with Gasteiger partial charge < -0.3 is 5.32 Å². The standard InChI is InChI=1S/C13H17N3O2/c1-16-12(17)9-11(15-13(16)18)14-8-7-10-5-3-2-4-6-10/h2-6,11,14H,7-9H2,1H3,(H,15,18). The summed E-state index contributed by atoms with van der Waals surface area (Å²) in [6.07, 6.45) is 0.916. The van der Waals surface area contributed by atoms with Gasteiger partial charge in [0.05, 0.1) is 12.6 Å². The molecule has 0 spiro atoms. The van der Waals surface area contributed by atoms with Crippen LogP contribution in [0.15, 0.2) is 30.3 Å². The molecule has 1 aliphatic heterocycles. The quantitative estimate of drug-likeness (QED) is 0.824. The Morgan fingerprint density at radius 2 is 2.06 bits per heavy atom. The van der Waals surface area contributed by atoms with Gasteiger partial charge in [-0.3, -0.25) is 15.0 Å². The van der Waals surface area contributed by atoms with Crippen molar-refractivity contribution in [2.75, 3.05) is 13.6 Å². The third kappa shape index (κ3) is 3.07. The van der Waals surface area contributed by atoms with Gasteiger partial charge in [-0.25, -0.2) is 4.79 Å². The van der Waals surface area contributed by atoms with E-state index in [4.69, 9.17) is 0 Å². The maximum Gasteiger partial charge on any atom is 0.325 e. The SMILES string of the molecule is CN1C(=O)CC(NCCc2ccccc2)NC1=O. The van der Waals surface area contributed by atoms with E-state index in [2.05, 4.69) is 22.8 Å². The fraction of sp³-hybridized carbons (Fsp3) is 0.385. The van der Waals surface area contributed by atoms with Crippen LogP contribution in [0, 0.1) is 0 Å². The van der Waals surface area contributed by atoms with E-state index in [1.165, 1.54) is 12.6 Å². The van der Waals surface area contributed by atoms with E-state index in [9.17, 15) is 9.59 Å². The summed E-state index contributed by atoms with van der Waals surface area (Å²) in [5, 5.41) is 5.91. The fourth-order valence-electron chi connectivity index (χ4n) is 1.88. The summed E-state index contributed by atoms with van der Waals surface area (Å²) in [6.45, 7) is 0.728. The van der Waals surface area contributed by atoms with E-state index in [1.807, 2.05) is 18.2 Å². The van der Waals surface area contributed by atoms with Crippen LogP contribution in [0.3, 0.4) is 0 Å². The number of benzene rings is 1. The van der Waals surface area contributed by atoms with Crippen molar-refractivity contribution in [1.82, 2.24) is 15.5 Å². The summed E-state index contributed by atoms with van der Waals surface area (Å²) in [6, 6.07) is 9.74. The van der Waals surface area contributed by atoms with Gasteiger partial charge >= 0.3 is 6.03 Å². The molecular formula is C13H17N3O2. The highest BCUT2D eigenvalue weighted by molar-refractivity contribution is 5.96. The van der Waals surface area contributed by atoms with Gasteiger partial charge in [0.1, 0.15) is 0 Å². The molecule has 2 rings (SSSR count). The molecule has 96 valence electrons. The smallest absolute Gasteiger partial charge is 0.322 e. The van der Waals surface area contributed by atoms with Gasteiger partial charge in [-0.15, -0.1) is 0 Å². The van der Waals surface area contributed by atoms with Gasteiger partial charge in [0.25, 0.3) is 0 Å². The lowest BCUT2D eigenvalue weighted by Crippen LogP contribution is -2.58. The molecule has 2 N–H and O–H groups in total. The average Bonchev–Trinajstić information content (AvgIpc) is 2.37. The highest BCUT2D eigenvalue weighted by atomic mass is 16.2. The second-order valence-corrected chi connectivity index (χ2v) is 4.35. The van der Waals surface area contributed by atoms with Gasteiger partial charge in [-0.05, 0) is 12.0 Å². The summed E-state index contributed by atoms with van der Waals surface area (Å²) in [5.74, 6) is -0.157. The number of carbonyl (C=O) groups is 2. The molecule has 1 saturated heterocycles. The van der Waals surface area contributed by atoms with Gasteiger partial charge in [-0.1, -0.05) is 30.3 Å². The highest BCUT2D eigenvalue weighted by Crippen LogP contribution is 2.04. The molecule has 0 saturated carbocycles. The largest absolute Gasteiger partial charge is 0.325 e. The Balaban J connectivity index is 1.78. The molecule has 1 aliphatic rings. The number of imide groups is 1. The van der Waals surface area contributed by atoms with E-state index >= 15 is 0 Å². The number of nitrogens with one attached hydrogen (secondary N) is 2. The summed E-state index contributed by atoms with van der Waals surface area (Å²) >= 11 is 0. The van der Waals surface area contributed by atoms with Gasteiger partial charge in [-0.2, -0.15) is 0 Å². The first-order valence-corrected chi connectivity index (χ1v) is 6.01. The van der Waals surface area contributed by atoms with Crippen LogP contribution in [0.4, 0.5) is 4.79 Å². The fourth-order valence-corrected chi connectivity index (χ4v) is 1.88. The Bertz CT molecular complexity index is 415. The summed E-state index contributed by atoms with van der Waals surface area (Å²) < 4.78 is 0. The van der Waals surface area contributed by atoms with Crippen LogP contribution in [0.1, 0.15) is 12.0 Å². The van der Waals surface area contributed by atoms with Crippen LogP contribution >= 0.6 is 0 Å². The maximum atomic E-state index is 11.5. The van der Waals surface area contributed by atoms with Crippen molar-refractivity contribution in [2.45, 2.75) is 19.0 Å². The zero-order valence-corrected chi connectivity index (χ0v) is 10.3. The third-order valence-electron chi connectivity index (χ3n) is 3.00. The van der Waals surface area contributed by atoms with Crippen LogP contribution in [0.5, 0.6) is 0 Å². The number of nitrogens with zero attached hydrogens (tertiary/aromatic N) is 1. The van der Waals surface area contributed by atoms with Gasteiger partial charge in [0.15, 0.2) is 0 Å². The lowest BCUT2D eigenvalue weighted by molar-refractivity contribution is -0.129. The van der Waals surface area contributed by atoms with E-state index in [0.717, 1.165) is 17.9 Å². The van der Waals surface area contributed by atoms with Crippen molar-refractivity contribution in [3.05, 3.63) is 35.9 Å². The molecule has 1 atom stereocenters. The monoisotopic (exact) mass is 247 g/mol. The predicted molar refractivity (Wildman–Crippen MR) is 67.9 cm³/mol. The number of amides is 3. The van der Waals surface area contributed by atoms with Crippen molar-refractivity contribution in [3.63, 3.8) is 0 Å². The molecule has 1 aromatic rings. The molecule has 18 heavy (non-hydrogen) atoms. The predicted octanol–water partition coefficient (Wildman–Crippen LogP) is 0.716. The summed E-state index contributed by atoms with van der Waals surface area (Å²) in [4.78, 5) is 24.0. The minimum Gasteiger partial charge on any atom is -0.322 e. The van der Waals surface area contributed by atoms with Crippen molar-refractivity contribution < 1.29 is 9.59 Å². The first-order valence-electron chi connectivity index (χ1n) is 6.01. The first-order chi connectivity index (χ1) is 8.66. The molecule has 0 radical (unpaired) electrons. The average molecular weight is 247 g/mol. The number of hydrogen-bond acceptors (Lipinski definition) is 3. The Morgan fingerprint density at radius 1 is 1.33 bits per heavy atom. The van der Waals surface area contributed by atoms with E-state index in [0.29, 0.717) is 6.42 Å². The molecular weight excluding hydrogens is 230 g/mol. The highest BCUT2D eigenvalue weighted by Gasteiger charge is 2.28. The Hall–Kier alpha value is -1.88. The lowest BCUT2D eigenvalue weighted by Gasteiger charge is -2.29. The minimum atomic E-state index is -0.344. The minimum absolute atomic E-state index is 0.157. The Labute approximate surface area is 106 Å². The van der Waals surface area contributed by atoms with Crippen LogP contribution in [0.25, 0.3) is 0 Å². The molecule has 3 amide bonds. The molecule has 1 aromatic carbocycles. The van der Waals surface area contributed by atoms with Crippen LogP contribution in [0.2, 0.25) is 0 Å². The molecule has 0 bridgehead atoms. The molecule has 1 heterocycles. The van der Waals surface area contributed by atoms with Crippen LogP contribution < -0.4 is 10.6 Å². The second-order valence-electron chi connectivity index (χ2n) is 4.35. The zero-order valence-electron chi connectivity index (χ0n) is 10.3. The maximum absolute atomic E-state index is 11.5. The molecule has 0 aliphatic carbocycles. The molecule has 1 fully saturated rings. The van der Waals surface area contributed by atoms with Crippen molar-refractivity contribution in [3.8, 4) is 0 Å². The zero-order chi connectivity index (χ0) is 13.0. The molecule has 1 unspecified atom stereocenters. The number of rotatable bonds is 4. The van der Waals surface area contributed by atoms with Gasteiger partial charge in [0.2, 0.25) is 5.91 Å². The summed E-state index contributed by atoms with van der Waals surface area (Å²) in [7, 11) is 1.48.